The lowest BCUT2D eigenvalue weighted by molar-refractivity contribution is -0.119. The molecule has 14 heteroatoms. The molecule has 1 saturated heterocycles. The first kappa shape index (κ1) is 40.6. The van der Waals surface area contributed by atoms with Crippen LogP contribution >= 0.6 is 11.3 Å². The molecule has 2 heterocycles. The minimum atomic E-state index is -3.91. The quantitative estimate of drug-likeness (QED) is 0.0579. The maximum absolute atomic E-state index is 14.6. The lowest BCUT2D eigenvalue weighted by Gasteiger charge is -2.43. The van der Waals surface area contributed by atoms with Gasteiger partial charge in [0, 0.05) is 55.2 Å². The van der Waals surface area contributed by atoms with Crippen molar-refractivity contribution in [3.05, 3.63) is 107 Å². The van der Waals surface area contributed by atoms with Gasteiger partial charge in [0.25, 0.3) is 0 Å². The fourth-order valence-corrected chi connectivity index (χ4v) is 9.94. The Labute approximate surface area is 321 Å². The normalized spacial score (nSPS) is 18.7. The van der Waals surface area contributed by atoms with E-state index in [0.29, 0.717) is 18.4 Å². The molecule has 5 atom stereocenters. The highest BCUT2D eigenvalue weighted by Crippen LogP contribution is 2.40. The summed E-state index contributed by atoms with van der Waals surface area (Å²) >= 11 is 1.52. The SMILES string of the molecule is CCC(CC(N)=O)N1CC(C)([C@H](Cc2ccccc2)[C@@H](O)CNC(C(C)C)S(=O)(=O)c2ccc(/C=N/O)cc2)N(Cc2cccc(-c3nccs3)c2)C1=O. The zero-order valence-electron chi connectivity index (χ0n) is 31.1. The first-order chi connectivity index (χ1) is 25.8. The van der Waals surface area contributed by atoms with Crippen LogP contribution in [0.15, 0.2) is 100 Å². The topological polar surface area (TPSA) is 179 Å². The Morgan fingerprint density at radius 1 is 1.09 bits per heavy atom. The lowest BCUT2D eigenvalue weighted by atomic mass is 9.76. The molecule has 5 N–H and O–H groups in total. The van der Waals surface area contributed by atoms with E-state index in [1.165, 1.54) is 29.7 Å². The number of hydrogen-bond donors (Lipinski definition) is 4. The number of aliphatic hydroxyl groups excluding tert-OH is 1. The van der Waals surface area contributed by atoms with Crippen LogP contribution in [0, 0.1) is 11.8 Å². The molecule has 0 spiro atoms. The summed E-state index contributed by atoms with van der Waals surface area (Å²) in [6.07, 6.45) is 2.75. The Morgan fingerprint density at radius 3 is 2.41 bits per heavy atom. The van der Waals surface area contributed by atoms with Crippen LogP contribution in [-0.4, -0.2) is 87.8 Å². The first-order valence-corrected chi connectivity index (χ1v) is 20.5. The number of carbonyl (C=O) groups excluding carboxylic acids is 2. The highest BCUT2D eigenvalue weighted by molar-refractivity contribution is 7.92. The number of rotatable bonds is 18. The number of hydrogen-bond acceptors (Lipinski definition) is 10. The predicted molar refractivity (Wildman–Crippen MR) is 211 cm³/mol. The van der Waals surface area contributed by atoms with Crippen molar-refractivity contribution in [1.82, 2.24) is 20.1 Å². The van der Waals surface area contributed by atoms with E-state index in [1.54, 1.807) is 42.0 Å². The van der Waals surface area contributed by atoms with Gasteiger partial charge in [0.1, 0.15) is 10.4 Å². The number of nitrogens with two attached hydrogens (primary N) is 1. The summed E-state index contributed by atoms with van der Waals surface area (Å²) < 4.78 is 27.9. The third-order valence-electron chi connectivity index (χ3n) is 10.3. The van der Waals surface area contributed by atoms with Crippen molar-refractivity contribution < 1.29 is 28.3 Å². The first-order valence-electron chi connectivity index (χ1n) is 18.1. The Hall–Kier alpha value is -4.63. The van der Waals surface area contributed by atoms with E-state index in [9.17, 15) is 23.1 Å². The number of aromatic nitrogens is 1. The number of benzene rings is 3. The van der Waals surface area contributed by atoms with Crippen LogP contribution in [0.3, 0.4) is 0 Å². The van der Waals surface area contributed by atoms with E-state index < -0.39 is 44.7 Å². The summed E-state index contributed by atoms with van der Waals surface area (Å²) in [7, 11) is -3.91. The van der Waals surface area contributed by atoms with Gasteiger partial charge in [0.2, 0.25) is 5.91 Å². The van der Waals surface area contributed by atoms with Gasteiger partial charge in [-0.05, 0) is 60.6 Å². The number of oxime groups is 1. The van der Waals surface area contributed by atoms with Crippen molar-refractivity contribution in [3.63, 3.8) is 0 Å². The molecule has 288 valence electrons. The van der Waals surface area contributed by atoms with E-state index in [-0.39, 0.29) is 42.9 Å². The van der Waals surface area contributed by atoms with E-state index in [0.717, 1.165) is 21.7 Å². The largest absolute Gasteiger partial charge is 0.411 e. The number of nitrogens with zero attached hydrogens (tertiary/aromatic N) is 4. The van der Waals surface area contributed by atoms with Crippen molar-refractivity contribution in [2.24, 2.45) is 22.7 Å². The number of carbonyl (C=O) groups is 2. The average Bonchev–Trinajstić information content (AvgIpc) is 3.78. The monoisotopic (exact) mass is 774 g/mol. The molecular weight excluding hydrogens is 725 g/mol. The van der Waals surface area contributed by atoms with Crippen LogP contribution in [0.25, 0.3) is 10.6 Å². The number of aliphatic hydroxyl groups is 1. The molecule has 0 radical (unpaired) electrons. The van der Waals surface area contributed by atoms with Gasteiger partial charge in [0.15, 0.2) is 9.84 Å². The second kappa shape index (κ2) is 17.7. The Kier molecular flexibility index (Phi) is 13.3. The molecule has 3 unspecified atom stereocenters. The van der Waals surface area contributed by atoms with Crippen LogP contribution in [0.5, 0.6) is 0 Å². The summed E-state index contributed by atoms with van der Waals surface area (Å²) in [4.78, 5) is 34.8. The molecule has 1 aliphatic rings. The van der Waals surface area contributed by atoms with Crippen molar-refractivity contribution in [3.8, 4) is 10.6 Å². The number of nitrogens with one attached hydrogen (secondary N) is 1. The van der Waals surface area contributed by atoms with Gasteiger partial charge in [-0.2, -0.15) is 0 Å². The smallest absolute Gasteiger partial charge is 0.321 e. The maximum atomic E-state index is 14.6. The standard InChI is InChI=1S/C40H50N6O6S2/c1-5-32(22-36(41)48)45-26-40(4,46(39(45)49)25-30-12-9-13-31(20-30)37-42-18-19-53-37)34(21-28-10-7-6-8-11-28)35(47)24-43-38(27(2)3)54(51,52)33-16-14-29(15-17-33)23-44-50/h6-20,23,27,32,34-35,38,43,47,50H,5,21-22,24-26H2,1-4H3,(H2,41,48)/b44-23+/t32?,34-,35+,38?,40?/m1/s1. The maximum Gasteiger partial charge on any atom is 0.321 e. The Bertz CT molecular complexity index is 1990. The van der Waals surface area contributed by atoms with E-state index in [2.05, 4.69) is 15.5 Å². The molecule has 5 rings (SSSR count). The molecular formula is C40H50N6O6S2. The third kappa shape index (κ3) is 9.17. The molecule has 0 bridgehead atoms. The fourth-order valence-electron chi connectivity index (χ4n) is 7.46. The van der Waals surface area contributed by atoms with Gasteiger partial charge in [0.05, 0.1) is 22.8 Å². The summed E-state index contributed by atoms with van der Waals surface area (Å²) in [6.45, 7) is 7.85. The Balaban J connectivity index is 1.52. The van der Waals surface area contributed by atoms with Gasteiger partial charge in [-0.25, -0.2) is 18.2 Å². The average molecular weight is 775 g/mol. The summed E-state index contributed by atoms with van der Waals surface area (Å²) in [5.41, 5.74) is 7.97. The van der Waals surface area contributed by atoms with Gasteiger partial charge in [-0.1, -0.05) is 86.6 Å². The van der Waals surface area contributed by atoms with Gasteiger partial charge in [-0.3, -0.25) is 10.1 Å². The number of primary amides is 1. The molecule has 12 nitrogen and oxygen atoms in total. The number of urea groups is 1. The van der Waals surface area contributed by atoms with Gasteiger partial charge in [-0.15, -0.1) is 11.3 Å². The number of sulfone groups is 1. The lowest BCUT2D eigenvalue weighted by Crippen LogP contribution is -2.57. The molecule has 1 aliphatic heterocycles. The molecule has 0 saturated carbocycles. The highest BCUT2D eigenvalue weighted by Gasteiger charge is 2.54. The second-order valence-corrected chi connectivity index (χ2v) is 17.4. The molecule has 3 aromatic carbocycles. The molecule has 0 aliphatic carbocycles. The highest BCUT2D eigenvalue weighted by atomic mass is 32.2. The molecule has 1 fully saturated rings. The fraction of sp³-hybridized carbons (Fsp3) is 0.400. The molecule has 3 amide bonds. The zero-order chi connectivity index (χ0) is 39.0. The second-order valence-electron chi connectivity index (χ2n) is 14.4. The van der Waals surface area contributed by atoms with Crippen molar-refractivity contribution >= 4 is 39.3 Å². The van der Waals surface area contributed by atoms with Crippen LogP contribution in [-0.2, 0) is 27.6 Å². The Morgan fingerprint density at radius 2 is 1.80 bits per heavy atom. The van der Waals surface area contributed by atoms with Crippen LogP contribution in [0.2, 0.25) is 0 Å². The molecule has 4 aromatic rings. The van der Waals surface area contributed by atoms with E-state index in [4.69, 9.17) is 10.9 Å². The van der Waals surface area contributed by atoms with E-state index in [1.807, 2.05) is 73.8 Å². The van der Waals surface area contributed by atoms with Crippen LogP contribution in [0.1, 0.15) is 57.2 Å². The van der Waals surface area contributed by atoms with Crippen LogP contribution in [0.4, 0.5) is 4.79 Å². The number of amides is 3. The van der Waals surface area contributed by atoms with E-state index >= 15 is 0 Å². The minimum Gasteiger partial charge on any atom is -0.411 e. The van der Waals surface area contributed by atoms with Crippen molar-refractivity contribution in [2.45, 2.75) is 81.5 Å². The molecule has 1 aromatic heterocycles. The summed E-state index contributed by atoms with van der Waals surface area (Å²) in [6, 6.07) is 22.9. The predicted octanol–water partition coefficient (Wildman–Crippen LogP) is 5.53. The minimum absolute atomic E-state index is 0.000853. The summed E-state index contributed by atoms with van der Waals surface area (Å²) in [5.74, 6) is -1.46. The van der Waals surface area contributed by atoms with Crippen LogP contribution < -0.4 is 11.1 Å². The third-order valence-corrected chi connectivity index (χ3v) is 13.5. The van der Waals surface area contributed by atoms with Gasteiger partial charge >= 0.3 is 6.03 Å². The summed E-state index contributed by atoms with van der Waals surface area (Å²) in [5, 5.41) is 29.1. The van der Waals surface area contributed by atoms with Crippen molar-refractivity contribution in [2.75, 3.05) is 13.1 Å². The van der Waals surface area contributed by atoms with Gasteiger partial charge < -0.3 is 25.8 Å². The number of thiazole rings is 1. The zero-order valence-corrected chi connectivity index (χ0v) is 32.7. The molecule has 54 heavy (non-hydrogen) atoms. The van der Waals surface area contributed by atoms with Crippen molar-refractivity contribution in [1.29, 1.82) is 0 Å².